The molecule has 0 saturated heterocycles. The Balaban J connectivity index is 1.84. The minimum Gasteiger partial charge on any atom is -0.851 e. The highest BCUT2D eigenvalue weighted by atomic mass is 16.5. The molecule has 0 aliphatic heterocycles. The molecular formula is C30H42N2O10-2. The summed E-state index contributed by atoms with van der Waals surface area (Å²) in [5, 5.41) is 92.8. The first-order valence-electron chi connectivity index (χ1n) is 14.3. The van der Waals surface area contributed by atoms with Crippen LogP contribution in [0.4, 0.5) is 11.4 Å². The average Bonchev–Trinajstić information content (AvgIpc) is 2.94. The van der Waals surface area contributed by atoms with Crippen molar-refractivity contribution < 1.29 is 50.3 Å². The fraction of sp³-hybridized carbons (Fsp3) is 0.567. The Morgan fingerprint density at radius 2 is 1.33 bits per heavy atom. The van der Waals surface area contributed by atoms with Crippen molar-refractivity contribution in [3.63, 3.8) is 0 Å². The first-order valence-corrected chi connectivity index (χ1v) is 14.3. The molecule has 0 heterocycles. The number of anilines is 1. The Morgan fingerprint density at radius 3 is 1.90 bits per heavy atom. The van der Waals surface area contributed by atoms with Crippen molar-refractivity contribution in [3.8, 4) is 34.5 Å². The first kappa shape index (κ1) is 32.9. The molecule has 0 amide bonds. The fourth-order valence-electron chi connectivity index (χ4n) is 5.17. The second-order valence-electron chi connectivity index (χ2n) is 10.8. The number of aliphatic imine (C=N–C) groups is 1. The first-order chi connectivity index (χ1) is 19.9. The smallest absolute Gasteiger partial charge is 0.175 e. The van der Waals surface area contributed by atoms with E-state index >= 15 is 0 Å². The second-order valence-corrected chi connectivity index (χ2v) is 10.8. The highest BCUT2D eigenvalue weighted by molar-refractivity contribution is 5.75. The van der Waals surface area contributed by atoms with Crippen LogP contribution < -0.4 is 15.5 Å². The molecule has 12 heteroatoms. The lowest BCUT2D eigenvalue weighted by atomic mass is 9.62. The maximum absolute atomic E-state index is 13.4. The van der Waals surface area contributed by atoms with Gasteiger partial charge < -0.3 is 55.6 Å². The standard InChI is InChI=1S/C30H42N2O10/c1-5-7-9-15(3)41-13-31-25-19(35)11-17(33)21(29(25)39)23-27(37)24(28(23)38)22-18(34)12-20(36)26(30(22)40)32-14-42-16(4)10-8-6-2/h11-13,15-16,23-24,27-28,32-36,39-40H,5-10,14H2,1-4H3/q-2. The van der Waals surface area contributed by atoms with Gasteiger partial charge in [0, 0.05) is 23.3 Å². The number of benzene rings is 2. The van der Waals surface area contributed by atoms with Crippen molar-refractivity contribution >= 4 is 17.8 Å². The number of rotatable bonds is 15. The van der Waals surface area contributed by atoms with Crippen LogP contribution in [0, 0.1) is 0 Å². The van der Waals surface area contributed by atoms with E-state index < -0.39 is 64.1 Å². The van der Waals surface area contributed by atoms with E-state index in [1.54, 1.807) is 0 Å². The molecule has 4 unspecified atom stereocenters. The third-order valence-electron chi connectivity index (χ3n) is 7.67. The van der Waals surface area contributed by atoms with Crippen molar-refractivity contribution in [1.82, 2.24) is 0 Å². The maximum Gasteiger partial charge on any atom is 0.175 e. The lowest BCUT2D eigenvalue weighted by Gasteiger charge is -2.61. The third-order valence-corrected chi connectivity index (χ3v) is 7.67. The molecule has 2 aromatic carbocycles. The van der Waals surface area contributed by atoms with Gasteiger partial charge in [0.2, 0.25) is 0 Å². The largest absolute Gasteiger partial charge is 0.851 e. The topological polar surface area (TPSA) is 210 Å². The van der Waals surface area contributed by atoms with Gasteiger partial charge in [-0.1, -0.05) is 39.5 Å². The Morgan fingerprint density at radius 1 is 0.810 bits per heavy atom. The van der Waals surface area contributed by atoms with Crippen molar-refractivity contribution in [1.29, 1.82) is 0 Å². The number of nitrogens with one attached hydrogen (secondary N) is 1. The number of unbranched alkanes of at least 4 members (excludes halogenated alkanes) is 2. The summed E-state index contributed by atoms with van der Waals surface area (Å²) in [6.45, 7) is 7.71. The van der Waals surface area contributed by atoms with E-state index in [9.17, 15) is 40.9 Å². The predicted octanol–water partition coefficient (Wildman–Crippen LogP) is 3.48. The van der Waals surface area contributed by atoms with E-state index in [-0.39, 0.29) is 35.9 Å². The molecule has 0 aromatic heterocycles. The summed E-state index contributed by atoms with van der Waals surface area (Å²) in [7, 11) is 0. The Kier molecular flexibility index (Phi) is 11.4. The zero-order chi connectivity index (χ0) is 31.1. The summed E-state index contributed by atoms with van der Waals surface area (Å²) in [6, 6.07) is 1.78. The molecule has 42 heavy (non-hydrogen) atoms. The minimum atomic E-state index is -1.82. The molecule has 1 saturated carbocycles. The summed E-state index contributed by atoms with van der Waals surface area (Å²) in [5.74, 6) is -6.86. The Hall–Kier alpha value is -3.61. The van der Waals surface area contributed by atoms with Gasteiger partial charge in [-0.3, -0.25) is 0 Å². The molecule has 12 nitrogen and oxygen atoms in total. The van der Waals surface area contributed by atoms with Crippen molar-refractivity contribution in [3.05, 3.63) is 23.3 Å². The van der Waals surface area contributed by atoms with Crippen molar-refractivity contribution in [2.75, 3.05) is 12.0 Å². The van der Waals surface area contributed by atoms with E-state index in [1.165, 1.54) is 0 Å². The highest BCUT2D eigenvalue weighted by Crippen LogP contribution is 2.58. The second kappa shape index (κ2) is 14.5. The molecule has 2 aromatic rings. The maximum atomic E-state index is 13.4. The summed E-state index contributed by atoms with van der Waals surface area (Å²) in [5.41, 5.74) is -1.37. The predicted molar refractivity (Wildman–Crippen MR) is 153 cm³/mol. The summed E-state index contributed by atoms with van der Waals surface area (Å²) >= 11 is 0. The van der Waals surface area contributed by atoms with Crippen molar-refractivity contribution in [2.45, 2.75) is 102 Å². The third kappa shape index (κ3) is 7.05. The molecule has 1 aliphatic carbocycles. The molecule has 4 atom stereocenters. The van der Waals surface area contributed by atoms with Gasteiger partial charge in [0.15, 0.2) is 17.8 Å². The average molecular weight is 591 g/mol. The van der Waals surface area contributed by atoms with Gasteiger partial charge >= 0.3 is 0 Å². The van der Waals surface area contributed by atoms with Crippen LogP contribution in [-0.4, -0.2) is 68.2 Å². The molecule has 1 fully saturated rings. The van der Waals surface area contributed by atoms with E-state index in [1.807, 2.05) is 20.8 Å². The van der Waals surface area contributed by atoms with Crippen molar-refractivity contribution in [2.24, 2.45) is 4.99 Å². The van der Waals surface area contributed by atoms with Gasteiger partial charge in [-0.25, -0.2) is 4.99 Å². The zero-order valence-corrected chi connectivity index (χ0v) is 24.4. The van der Waals surface area contributed by atoms with Crippen LogP contribution in [0.25, 0.3) is 0 Å². The van der Waals surface area contributed by atoms with Crippen LogP contribution in [0.1, 0.15) is 89.2 Å². The molecule has 3 rings (SSSR count). The van der Waals surface area contributed by atoms with Crippen LogP contribution in [0.15, 0.2) is 17.1 Å². The van der Waals surface area contributed by atoms with Gasteiger partial charge in [-0.2, -0.15) is 0 Å². The number of hydrogen-bond donors (Lipinski definition) is 7. The lowest BCUT2D eigenvalue weighted by Crippen LogP contribution is -2.63. The summed E-state index contributed by atoms with van der Waals surface area (Å²) < 4.78 is 11.1. The van der Waals surface area contributed by atoms with Crippen LogP contribution in [-0.2, 0) is 9.47 Å². The van der Waals surface area contributed by atoms with Gasteiger partial charge in [-0.15, -0.1) is 12.2 Å². The van der Waals surface area contributed by atoms with Crippen LogP contribution >= 0.6 is 0 Å². The molecular weight excluding hydrogens is 548 g/mol. The monoisotopic (exact) mass is 590 g/mol. The molecule has 0 spiro atoms. The van der Waals surface area contributed by atoms with Crippen LogP contribution in [0.3, 0.4) is 0 Å². The SMILES string of the molecule is CCCCC(C)OC=Nc1c(O)cc(O)c(C2C([O-])C(c3c(O)cc(O)c(NCOC(C)CCCC)c3O)C2[O-])c1O. The quantitative estimate of drug-likeness (QED) is 0.0525. The van der Waals surface area contributed by atoms with E-state index in [0.717, 1.165) is 57.1 Å². The molecule has 0 radical (unpaired) electrons. The molecule has 7 N–H and O–H groups in total. The van der Waals surface area contributed by atoms with Crippen LogP contribution in [0.5, 0.6) is 34.5 Å². The summed E-state index contributed by atoms with van der Waals surface area (Å²) in [4.78, 5) is 3.94. The van der Waals surface area contributed by atoms with E-state index in [0.29, 0.717) is 0 Å². The molecule has 234 valence electrons. The Bertz CT molecular complexity index is 1230. The highest BCUT2D eigenvalue weighted by Gasteiger charge is 2.44. The Labute approximate surface area is 245 Å². The normalized spacial score (nSPS) is 21.7. The number of ether oxygens (including phenoxy) is 2. The zero-order valence-electron chi connectivity index (χ0n) is 24.4. The van der Waals surface area contributed by atoms with Crippen LogP contribution in [0.2, 0.25) is 0 Å². The molecule has 0 bridgehead atoms. The minimum absolute atomic E-state index is 0.0925. The fourth-order valence-corrected chi connectivity index (χ4v) is 5.17. The lowest BCUT2D eigenvalue weighted by molar-refractivity contribution is -0.536. The number of phenolic OH excluding ortho intramolecular Hbond substituents is 6. The van der Waals surface area contributed by atoms with E-state index in [4.69, 9.17) is 9.47 Å². The summed E-state index contributed by atoms with van der Waals surface area (Å²) in [6.07, 6.45) is 2.57. The van der Waals surface area contributed by atoms with Gasteiger partial charge in [0.1, 0.15) is 41.2 Å². The van der Waals surface area contributed by atoms with Gasteiger partial charge in [-0.05, 0) is 38.5 Å². The van der Waals surface area contributed by atoms with Gasteiger partial charge in [0.25, 0.3) is 0 Å². The molecule has 1 aliphatic rings. The number of nitrogens with zero attached hydrogens (tertiary/aromatic N) is 1. The number of hydrogen-bond acceptors (Lipinski definition) is 12. The van der Waals surface area contributed by atoms with Gasteiger partial charge in [0.05, 0.1) is 12.2 Å². The number of phenols is 6. The number of aromatic hydroxyl groups is 6. The van der Waals surface area contributed by atoms with E-state index in [2.05, 4.69) is 17.2 Å².